The van der Waals surface area contributed by atoms with Gasteiger partial charge >= 0.3 is 6.03 Å². The van der Waals surface area contributed by atoms with E-state index in [0.717, 1.165) is 25.7 Å². The standard InChI is InChI=1S/C13H16ClFN2O/c14-11-8-10(6-7-12(11)15)17-13(18)16-9-4-2-1-3-5-9/h6-9H,1-5H2,(H2,16,17,18). The summed E-state index contributed by atoms with van der Waals surface area (Å²) in [5, 5.41) is 5.58. The molecule has 2 rings (SSSR count). The van der Waals surface area contributed by atoms with Gasteiger partial charge < -0.3 is 10.6 Å². The summed E-state index contributed by atoms with van der Waals surface area (Å²) in [5.41, 5.74) is 0.495. The molecule has 1 saturated carbocycles. The molecule has 98 valence electrons. The number of halogens is 2. The van der Waals surface area contributed by atoms with Crippen LogP contribution in [0.1, 0.15) is 32.1 Å². The number of hydrogen-bond donors (Lipinski definition) is 2. The maximum absolute atomic E-state index is 12.9. The Balaban J connectivity index is 1.88. The normalized spacial score (nSPS) is 16.3. The molecule has 0 aliphatic heterocycles. The molecular formula is C13H16ClFN2O. The van der Waals surface area contributed by atoms with E-state index in [1.807, 2.05) is 0 Å². The van der Waals surface area contributed by atoms with Gasteiger partial charge in [-0.1, -0.05) is 30.9 Å². The number of benzene rings is 1. The molecule has 1 aromatic rings. The molecule has 2 N–H and O–H groups in total. The highest BCUT2D eigenvalue weighted by molar-refractivity contribution is 6.31. The van der Waals surface area contributed by atoms with Gasteiger partial charge in [0.25, 0.3) is 0 Å². The lowest BCUT2D eigenvalue weighted by atomic mass is 9.96. The summed E-state index contributed by atoms with van der Waals surface area (Å²) in [6.07, 6.45) is 5.61. The summed E-state index contributed by atoms with van der Waals surface area (Å²) in [6.45, 7) is 0. The molecule has 0 radical (unpaired) electrons. The van der Waals surface area contributed by atoms with Gasteiger partial charge in [0.2, 0.25) is 0 Å². The van der Waals surface area contributed by atoms with Crippen LogP contribution in [0.15, 0.2) is 18.2 Å². The SMILES string of the molecule is O=C(Nc1ccc(F)c(Cl)c1)NC1CCCCC1. The van der Waals surface area contributed by atoms with E-state index in [9.17, 15) is 9.18 Å². The third kappa shape index (κ3) is 3.60. The Morgan fingerprint density at radius 1 is 1.28 bits per heavy atom. The van der Waals surface area contributed by atoms with Crippen molar-refractivity contribution in [2.45, 2.75) is 38.1 Å². The zero-order valence-corrected chi connectivity index (χ0v) is 10.8. The first-order valence-corrected chi connectivity index (χ1v) is 6.55. The first-order valence-electron chi connectivity index (χ1n) is 6.18. The third-order valence-corrected chi connectivity index (χ3v) is 3.41. The van der Waals surface area contributed by atoms with Gasteiger partial charge in [0.05, 0.1) is 5.02 Å². The van der Waals surface area contributed by atoms with Gasteiger partial charge in [0.1, 0.15) is 5.82 Å². The molecule has 2 amide bonds. The average Bonchev–Trinajstić information content (AvgIpc) is 2.35. The summed E-state index contributed by atoms with van der Waals surface area (Å²) < 4.78 is 12.9. The van der Waals surface area contributed by atoms with E-state index in [0.29, 0.717) is 5.69 Å². The van der Waals surface area contributed by atoms with Crippen LogP contribution in [0.4, 0.5) is 14.9 Å². The third-order valence-electron chi connectivity index (χ3n) is 3.12. The van der Waals surface area contributed by atoms with Crippen molar-refractivity contribution in [2.24, 2.45) is 0 Å². The second kappa shape index (κ2) is 6.05. The predicted molar refractivity (Wildman–Crippen MR) is 70.4 cm³/mol. The maximum Gasteiger partial charge on any atom is 0.319 e. The van der Waals surface area contributed by atoms with Crippen molar-refractivity contribution in [3.05, 3.63) is 29.0 Å². The monoisotopic (exact) mass is 270 g/mol. The Labute approximate surface area is 111 Å². The first-order chi connectivity index (χ1) is 8.65. The molecule has 0 saturated heterocycles. The second-order valence-corrected chi connectivity index (χ2v) is 4.97. The van der Waals surface area contributed by atoms with Crippen LogP contribution in [0.3, 0.4) is 0 Å². The summed E-state index contributed by atoms with van der Waals surface area (Å²) in [4.78, 5) is 11.7. The number of anilines is 1. The Morgan fingerprint density at radius 2 is 2.00 bits per heavy atom. The van der Waals surface area contributed by atoms with E-state index in [2.05, 4.69) is 10.6 Å². The Kier molecular flexibility index (Phi) is 4.42. The van der Waals surface area contributed by atoms with Crippen molar-refractivity contribution in [1.29, 1.82) is 0 Å². The van der Waals surface area contributed by atoms with Crippen molar-refractivity contribution in [1.82, 2.24) is 5.32 Å². The lowest BCUT2D eigenvalue weighted by Crippen LogP contribution is -2.39. The molecule has 0 aromatic heterocycles. The van der Waals surface area contributed by atoms with Crippen molar-refractivity contribution in [2.75, 3.05) is 5.32 Å². The number of nitrogens with one attached hydrogen (secondary N) is 2. The Morgan fingerprint density at radius 3 is 2.67 bits per heavy atom. The van der Waals surface area contributed by atoms with E-state index in [4.69, 9.17) is 11.6 Å². The van der Waals surface area contributed by atoms with Crippen LogP contribution < -0.4 is 10.6 Å². The van der Waals surface area contributed by atoms with Crippen LogP contribution in [-0.4, -0.2) is 12.1 Å². The fourth-order valence-electron chi connectivity index (χ4n) is 2.17. The van der Waals surface area contributed by atoms with Crippen LogP contribution in [0.5, 0.6) is 0 Å². The summed E-state index contributed by atoms with van der Waals surface area (Å²) in [7, 11) is 0. The largest absolute Gasteiger partial charge is 0.335 e. The van der Waals surface area contributed by atoms with Gasteiger partial charge in [-0.25, -0.2) is 9.18 Å². The summed E-state index contributed by atoms with van der Waals surface area (Å²) >= 11 is 5.64. The molecular weight excluding hydrogens is 255 g/mol. The molecule has 0 heterocycles. The smallest absolute Gasteiger partial charge is 0.319 e. The second-order valence-electron chi connectivity index (χ2n) is 4.56. The minimum Gasteiger partial charge on any atom is -0.335 e. The number of urea groups is 1. The molecule has 1 aromatic carbocycles. The van der Waals surface area contributed by atoms with E-state index in [1.165, 1.54) is 24.6 Å². The van der Waals surface area contributed by atoms with Gasteiger partial charge in [-0.3, -0.25) is 0 Å². The van der Waals surface area contributed by atoms with Gasteiger partial charge in [-0.2, -0.15) is 0 Å². The van der Waals surface area contributed by atoms with Crippen LogP contribution in [0, 0.1) is 5.82 Å². The van der Waals surface area contributed by atoms with Crippen LogP contribution in [0.25, 0.3) is 0 Å². The minimum atomic E-state index is -0.491. The van der Waals surface area contributed by atoms with E-state index >= 15 is 0 Å². The van der Waals surface area contributed by atoms with Crippen LogP contribution in [0.2, 0.25) is 5.02 Å². The topological polar surface area (TPSA) is 41.1 Å². The molecule has 0 bridgehead atoms. The summed E-state index contributed by atoms with van der Waals surface area (Å²) in [6, 6.07) is 4.11. The highest BCUT2D eigenvalue weighted by Crippen LogP contribution is 2.20. The zero-order chi connectivity index (χ0) is 13.0. The fraction of sp³-hybridized carbons (Fsp3) is 0.462. The molecule has 0 unspecified atom stereocenters. The minimum absolute atomic E-state index is 0.00506. The van der Waals surface area contributed by atoms with Crippen molar-refractivity contribution in [3.63, 3.8) is 0 Å². The highest BCUT2D eigenvalue weighted by Gasteiger charge is 2.15. The summed E-state index contributed by atoms with van der Waals surface area (Å²) in [5.74, 6) is -0.491. The molecule has 18 heavy (non-hydrogen) atoms. The molecule has 0 atom stereocenters. The number of rotatable bonds is 2. The van der Waals surface area contributed by atoms with Crippen molar-refractivity contribution < 1.29 is 9.18 Å². The van der Waals surface area contributed by atoms with Gasteiger partial charge in [-0.15, -0.1) is 0 Å². The molecule has 5 heteroatoms. The van der Waals surface area contributed by atoms with Gasteiger partial charge in [-0.05, 0) is 31.0 Å². The zero-order valence-electron chi connectivity index (χ0n) is 10.0. The molecule has 0 spiro atoms. The van der Waals surface area contributed by atoms with Gasteiger partial charge in [0, 0.05) is 11.7 Å². The lowest BCUT2D eigenvalue weighted by Gasteiger charge is -2.22. The van der Waals surface area contributed by atoms with E-state index < -0.39 is 5.82 Å². The molecule has 3 nitrogen and oxygen atoms in total. The van der Waals surface area contributed by atoms with Gasteiger partial charge in [0.15, 0.2) is 0 Å². The van der Waals surface area contributed by atoms with Crippen molar-refractivity contribution in [3.8, 4) is 0 Å². The van der Waals surface area contributed by atoms with Crippen LogP contribution >= 0.6 is 11.6 Å². The van der Waals surface area contributed by atoms with E-state index in [-0.39, 0.29) is 17.1 Å². The van der Waals surface area contributed by atoms with Crippen LogP contribution in [-0.2, 0) is 0 Å². The molecule has 1 fully saturated rings. The number of hydrogen-bond acceptors (Lipinski definition) is 1. The molecule has 1 aliphatic carbocycles. The fourth-order valence-corrected chi connectivity index (χ4v) is 2.35. The van der Waals surface area contributed by atoms with E-state index in [1.54, 1.807) is 0 Å². The Hall–Kier alpha value is -1.29. The molecule has 1 aliphatic rings. The highest BCUT2D eigenvalue weighted by atomic mass is 35.5. The number of amides is 2. The predicted octanol–water partition coefficient (Wildman–Crippen LogP) is 3.93. The quantitative estimate of drug-likeness (QED) is 0.840. The number of carbonyl (C=O) groups excluding carboxylic acids is 1. The lowest BCUT2D eigenvalue weighted by molar-refractivity contribution is 0.244. The average molecular weight is 271 g/mol. The van der Waals surface area contributed by atoms with Crippen molar-refractivity contribution >= 4 is 23.3 Å². The first kappa shape index (κ1) is 13.1. The Bertz CT molecular complexity index is 433. The number of carbonyl (C=O) groups is 1. The maximum atomic E-state index is 12.9.